The summed E-state index contributed by atoms with van der Waals surface area (Å²) in [4.78, 5) is 39.1. The van der Waals surface area contributed by atoms with Gasteiger partial charge >= 0.3 is 12.0 Å². The zero-order valence-electron chi connectivity index (χ0n) is 13.4. The summed E-state index contributed by atoms with van der Waals surface area (Å²) in [5.74, 6) is -1.10. The Morgan fingerprint density at radius 1 is 1.33 bits per heavy atom. The van der Waals surface area contributed by atoms with Gasteiger partial charge in [-0.2, -0.15) is 0 Å². The van der Waals surface area contributed by atoms with Crippen LogP contribution in [0.4, 0.5) is 4.79 Å². The highest BCUT2D eigenvalue weighted by Gasteiger charge is 2.23. The van der Waals surface area contributed by atoms with Crippen LogP contribution in [0.1, 0.15) is 43.0 Å². The maximum absolute atomic E-state index is 11.8. The van der Waals surface area contributed by atoms with Gasteiger partial charge in [-0.1, -0.05) is 31.4 Å². The van der Waals surface area contributed by atoms with Crippen LogP contribution in [0.5, 0.6) is 0 Å². The Hall–Kier alpha value is -2.15. The molecule has 1 aromatic heterocycles. The number of ether oxygens (including phenoxy) is 1. The van der Waals surface area contributed by atoms with E-state index in [9.17, 15) is 14.4 Å². The van der Waals surface area contributed by atoms with Crippen molar-refractivity contribution in [2.45, 2.75) is 38.6 Å². The van der Waals surface area contributed by atoms with Gasteiger partial charge in [0.25, 0.3) is 5.91 Å². The molecule has 1 saturated carbocycles. The summed E-state index contributed by atoms with van der Waals surface area (Å²) in [6.45, 7) is 1.50. The summed E-state index contributed by atoms with van der Waals surface area (Å²) in [6.07, 6.45) is 5.61. The lowest BCUT2D eigenvalue weighted by Gasteiger charge is -2.29. The first-order valence-corrected chi connectivity index (χ1v) is 8.23. The fourth-order valence-electron chi connectivity index (χ4n) is 2.65. The highest BCUT2D eigenvalue weighted by atomic mass is 35.5. The van der Waals surface area contributed by atoms with Crippen molar-refractivity contribution in [1.82, 2.24) is 15.6 Å². The molecule has 24 heavy (non-hydrogen) atoms. The smallest absolute Gasteiger partial charge is 0.341 e. The number of aromatic nitrogens is 1. The number of hydrogen-bond donors (Lipinski definition) is 2. The fourth-order valence-corrected chi connectivity index (χ4v) is 2.84. The normalized spacial score (nSPS) is 20.1. The molecule has 1 heterocycles. The molecule has 2 atom stereocenters. The van der Waals surface area contributed by atoms with Crippen LogP contribution in [0.25, 0.3) is 0 Å². The number of urea groups is 1. The zero-order chi connectivity index (χ0) is 17.5. The van der Waals surface area contributed by atoms with E-state index in [0.717, 1.165) is 25.7 Å². The topological polar surface area (TPSA) is 97.4 Å². The number of pyridine rings is 1. The van der Waals surface area contributed by atoms with Gasteiger partial charge in [-0.15, -0.1) is 0 Å². The Bertz CT molecular complexity index is 623. The van der Waals surface area contributed by atoms with Gasteiger partial charge in [0.05, 0.1) is 5.56 Å². The fraction of sp³-hybridized carbons (Fsp3) is 0.500. The first-order valence-electron chi connectivity index (χ1n) is 7.85. The maximum Gasteiger partial charge on any atom is 0.341 e. The molecule has 0 saturated heterocycles. The average Bonchev–Trinajstić information content (AvgIpc) is 2.55. The van der Waals surface area contributed by atoms with Gasteiger partial charge in [0.1, 0.15) is 5.15 Å². The van der Waals surface area contributed by atoms with Crippen molar-refractivity contribution in [2.24, 2.45) is 5.92 Å². The van der Waals surface area contributed by atoms with Gasteiger partial charge < -0.3 is 10.1 Å². The van der Waals surface area contributed by atoms with Gasteiger partial charge in [0, 0.05) is 12.2 Å². The van der Waals surface area contributed by atoms with Gasteiger partial charge in [0.15, 0.2) is 6.61 Å². The number of nitrogens with zero attached hydrogens (tertiary/aromatic N) is 1. The Balaban J connectivity index is 1.75. The van der Waals surface area contributed by atoms with Crippen molar-refractivity contribution in [3.05, 3.63) is 29.0 Å². The number of halogens is 1. The lowest BCUT2D eigenvalue weighted by atomic mass is 9.86. The number of imide groups is 1. The molecule has 1 aliphatic carbocycles. The van der Waals surface area contributed by atoms with Crippen LogP contribution in [0, 0.1) is 5.92 Å². The number of amides is 3. The molecular weight excluding hydrogens is 334 g/mol. The highest BCUT2D eigenvalue weighted by molar-refractivity contribution is 6.32. The summed E-state index contributed by atoms with van der Waals surface area (Å²) in [7, 11) is 0. The minimum absolute atomic E-state index is 0.00747. The minimum atomic E-state index is -0.774. The van der Waals surface area contributed by atoms with E-state index in [1.54, 1.807) is 0 Å². The van der Waals surface area contributed by atoms with Crippen molar-refractivity contribution in [2.75, 3.05) is 6.61 Å². The second-order valence-electron chi connectivity index (χ2n) is 5.81. The molecule has 1 fully saturated rings. The van der Waals surface area contributed by atoms with Crippen LogP contribution in [-0.2, 0) is 9.53 Å². The number of nitrogens with one attached hydrogen (secondary N) is 2. The highest BCUT2D eigenvalue weighted by Crippen LogP contribution is 2.23. The lowest BCUT2D eigenvalue weighted by molar-refractivity contribution is -0.123. The third-order valence-corrected chi connectivity index (χ3v) is 4.30. The van der Waals surface area contributed by atoms with E-state index in [0.29, 0.717) is 5.92 Å². The lowest BCUT2D eigenvalue weighted by Crippen LogP contribution is -2.48. The molecule has 1 aromatic rings. The van der Waals surface area contributed by atoms with Gasteiger partial charge in [-0.3, -0.25) is 10.1 Å². The molecule has 7 nitrogen and oxygen atoms in total. The molecule has 0 bridgehead atoms. The molecule has 0 unspecified atom stereocenters. The summed E-state index contributed by atoms with van der Waals surface area (Å²) >= 11 is 5.76. The second kappa shape index (κ2) is 8.63. The number of carbonyl (C=O) groups is 3. The monoisotopic (exact) mass is 353 g/mol. The van der Waals surface area contributed by atoms with E-state index in [1.807, 2.05) is 0 Å². The molecule has 0 aromatic carbocycles. The van der Waals surface area contributed by atoms with E-state index in [-0.39, 0.29) is 16.8 Å². The third-order valence-electron chi connectivity index (χ3n) is 3.99. The molecule has 0 radical (unpaired) electrons. The number of hydrogen-bond acceptors (Lipinski definition) is 5. The van der Waals surface area contributed by atoms with Crippen molar-refractivity contribution < 1.29 is 19.1 Å². The SMILES string of the molecule is C[C@H]1CCCC[C@@H]1NC(=O)NC(=O)COC(=O)c1cccnc1Cl. The summed E-state index contributed by atoms with van der Waals surface area (Å²) in [5.41, 5.74) is 0.0625. The van der Waals surface area contributed by atoms with Crippen LogP contribution in [0.15, 0.2) is 18.3 Å². The Labute approximate surface area is 145 Å². The Morgan fingerprint density at radius 3 is 2.79 bits per heavy atom. The van der Waals surface area contributed by atoms with Crippen LogP contribution in [0.3, 0.4) is 0 Å². The predicted molar refractivity (Wildman–Crippen MR) is 87.6 cm³/mol. The summed E-state index contributed by atoms with van der Waals surface area (Å²) < 4.78 is 4.83. The van der Waals surface area contributed by atoms with Crippen molar-refractivity contribution in [3.63, 3.8) is 0 Å². The van der Waals surface area contributed by atoms with Crippen molar-refractivity contribution in [1.29, 1.82) is 0 Å². The van der Waals surface area contributed by atoms with Gasteiger partial charge in [0.2, 0.25) is 0 Å². The second-order valence-corrected chi connectivity index (χ2v) is 6.17. The van der Waals surface area contributed by atoms with Crippen molar-refractivity contribution >= 4 is 29.5 Å². The van der Waals surface area contributed by atoms with Crippen LogP contribution >= 0.6 is 11.6 Å². The summed E-state index contributed by atoms with van der Waals surface area (Å²) in [5, 5.41) is 4.93. The third kappa shape index (κ3) is 5.19. The van der Waals surface area contributed by atoms with Gasteiger partial charge in [-0.05, 0) is 30.9 Å². The van der Waals surface area contributed by atoms with Crippen LogP contribution < -0.4 is 10.6 Å². The molecule has 2 N–H and O–H groups in total. The van der Waals surface area contributed by atoms with E-state index >= 15 is 0 Å². The average molecular weight is 354 g/mol. The zero-order valence-corrected chi connectivity index (χ0v) is 14.1. The first-order chi connectivity index (χ1) is 11.5. The molecule has 2 rings (SSSR count). The van der Waals surface area contributed by atoms with E-state index in [4.69, 9.17) is 16.3 Å². The molecule has 1 aliphatic rings. The largest absolute Gasteiger partial charge is 0.452 e. The predicted octanol–water partition coefficient (Wildman–Crippen LogP) is 2.30. The first kappa shape index (κ1) is 18.2. The van der Waals surface area contributed by atoms with Gasteiger partial charge in [-0.25, -0.2) is 14.6 Å². The molecule has 130 valence electrons. The number of esters is 1. The summed E-state index contributed by atoms with van der Waals surface area (Å²) in [6, 6.07) is 2.45. The molecule has 3 amide bonds. The Kier molecular flexibility index (Phi) is 6.54. The van der Waals surface area contributed by atoms with E-state index in [1.165, 1.54) is 18.3 Å². The standard InChI is InChI=1S/C16H20ClN3O4/c1-10-5-2-3-7-12(10)19-16(23)20-13(21)9-24-15(22)11-6-4-8-18-14(11)17/h4,6,8,10,12H,2-3,5,7,9H2,1H3,(H2,19,20,21,23)/t10-,12-/m0/s1. The molecule has 8 heteroatoms. The Morgan fingerprint density at radius 2 is 2.08 bits per heavy atom. The minimum Gasteiger partial charge on any atom is -0.452 e. The number of rotatable bonds is 4. The maximum atomic E-state index is 11.8. The van der Waals surface area contributed by atoms with Crippen molar-refractivity contribution in [3.8, 4) is 0 Å². The molecule has 0 aliphatic heterocycles. The van der Waals surface area contributed by atoms with E-state index in [2.05, 4.69) is 22.5 Å². The number of carbonyl (C=O) groups excluding carboxylic acids is 3. The van der Waals surface area contributed by atoms with Crippen LogP contribution in [-0.4, -0.2) is 35.5 Å². The van der Waals surface area contributed by atoms with E-state index < -0.39 is 24.5 Å². The van der Waals surface area contributed by atoms with Crippen LogP contribution in [0.2, 0.25) is 5.15 Å². The molecule has 0 spiro atoms. The quantitative estimate of drug-likeness (QED) is 0.639. The molecular formula is C16H20ClN3O4.